The Morgan fingerprint density at radius 3 is 2.24 bits per heavy atom. The number of rotatable bonds is 6. The number of esters is 1. The molecule has 0 unspecified atom stereocenters. The van der Waals surface area contributed by atoms with Gasteiger partial charge in [-0.25, -0.2) is 4.79 Å². The predicted molar refractivity (Wildman–Crippen MR) is 113 cm³/mol. The highest BCUT2D eigenvalue weighted by atomic mass is 16.5. The molecule has 0 N–H and O–H groups in total. The standard InChI is InChI=1S/C22H27N3O4/c1-23(2)18-10-8-17(9-11-18)22(27)29-16-21(26)25-14-12-24(13-15-25)19-6-4-5-7-20(19)28-3/h4-11H,12-16H2,1-3H3. The van der Waals surface area contributed by atoms with E-state index in [2.05, 4.69) is 4.90 Å². The van der Waals surface area contributed by atoms with Gasteiger partial charge in [0, 0.05) is 46.0 Å². The van der Waals surface area contributed by atoms with Crippen LogP contribution in [0.2, 0.25) is 0 Å². The van der Waals surface area contributed by atoms with E-state index in [0.717, 1.165) is 17.1 Å². The van der Waals surface area contributed by atoms with Crippen LogP contribution in [0.3, 0.4) is 0 Å². The molecule has 154 valence electrons. The van der Waals surface area contributed by atoms with Crippen molar-refractivity contribution in [2.75, 3.05) is 63.8 Å². The fourth-order valence-electron chi connectivity index (χ4n) is 3.29. The summed E-state index contributed by atoms with van der Waals surface area (Å²) in [5.41, 5.74) is 2.45. The van der Waals surface area contributed by atoms with Crippen LogP contribution in [0, 0.1) is 0 Å². The van der Waals surface area contributed by atoms with Crippen LogP contribution in [0.1, 0.15) is 10.4 Å². The van der Waals surface area contributed by atoms with E-state index in [1.807, 2.05) is 55.4 Å². The van der Waals surface area contributed by atoms with Crippen molar-refractivity contribution in [2.45, 2.75) is 0 Å². The van der Waals surface area contributed by atoms with Crippen LogP contribution in [0.5, 0.6) is 5.75 Å². The average Bonchev–Trinajstić information content (AvgIpc) is 2.77. The molecular formula is C22H27N3O4. The molecule has 0 aromatic heterocycles. The summed E-state index contributed by atoms with van der Waals surface area (Å²) in [6.07, 6.45) is 0. The van der Waals surface area contributed by atoms with Gasteiger partial charge in [-0.05, 0) is 36.4 Å². The summed E-state index contributed by atoms with van der Waals surface area (Å²) < 4.78 is 10.6. The first-order chi connectivity index (χ1) is 14.0. The zero-order chi connectivity index (χ0) is 20.8. The second kappa shape index (κ2) is 9.32. The van der Waals surface area contributed by atoms with Gasteiger partial charge in [-0.2, -0.15) is 0 Å². The molecule has 0 saturated carbocycles. The average molecular weight is 397 g/mol. The minimum atomic E-state index is -0.490. The zero-order valence-corrected chi connectivity index (χ0v) is 17.1. The fourth-order valence-corrected chi connectivity index (χ4v) is 3.29. The van der Waals surface area contributed by atoms with E-state index in [-0.39, 0.29) is 12.5 Å². The first-order valence-corrected chi connectivity index (χ1v) is 9.60. The number of carbonyl (C=O) groups is 2. The monoisotopic (exact) mass is 397 g/mol. The van der Waals surface area contributed by atoms with E-state index in [1.165, 1.54) is 0 Å². The third-order valence-corrected chi connectivity index (χ3v) is 5.00. The van der Waals surface area contributed by atoms with Crippen LogP contribution in [0.4, 0.5) is 11.4 Å². The highest BCUT2D eigenvalue weighted by molar-refractivity contribution is 5.91. The number of methoxy groups -OCH3 is 1. The molecule has 2 aromatic carbocycles. The maximum Gasteiger partial charge on any atom is 0.338 e. The number of nitrogens with zero attached hydrogens (tertiary/aromatic N) is 3. The van der Waals surface area contributed by atoms with Crippen molar-refractivity contribution in [1.82, 2.24) is 4.90 Å². The number of para-hydroxylation sites is 2. The van der Waals surface area contributed by atoms with E-state index in [4.69, 9.17) is 9.47 Å². The van der Waals surface area contributed by atoms with Gasteiger partial charge in [-0.1, -0.05) is 12.1 Å². The van der Waals surface area contributed by atoms with E-state index in [0.29, 0.717) is 31.7 Å². The Balaban J connectivity index is 1.49. The van der Waals surface area contributed by atoms with Gasteiger partial charge in [-0.3, -0.25) is 4.79 Å². The lowest BCUT2D eigenvalue weighted by Gasteiger charge is -2.36. The third-order valence-electron chi connectivity index (χ3n) is 5.00. The van der Waals surface area contributed by atoms with Crippen LogP contribution in [-0.4, -0.2) is 70.8 Å². The Hall–Kier alpha value is -3.22. The van der Waals surface area contributed by atoms with Crippen LogP contribution < -0.4 is 14.5 Å². The molecule has 0 spiro atoms. The van der Waals surface area contributed by atoms with Gasteiger partial charge in [0.15, 0.2) is 6.61 Å². The highest BCUT2D eigenvalue weighted by Crippen LogP contribution is 2.28. The van der Waals surface area contributed by atoms with Crippen molar-refractivity contribution in [1.29, 1.82) is 0 Å². The smallest absolute Gasteiger partial charge is 0.338 e. The van der Waals surface area contributed by atoms with Crippen LogP contribution in [0.15, 0.2) is 48.5 Å². The quantitative estimate of drug-likeness (QED) is 0.697. The number of anilines is 2. The molecule has 1 aliphatic heterocycles. The van der Waals surface area contributed by atoms with E-state index < -0.39 is 5.97 Å². The first kappa shape index (κ1) is 20.5. The van der Waals surface area contributed by atoms with Gasteiger partial charge < -0.3 is 24.2 Å². The summed E-state index contributed by atoms with van der Waals surface area (Å²) in [6, 6.07) is 14.9. The second-order valence-electron chi connectivity index (χ2n) is 7.06. The first-order valence-electron chi connectivity index (χ1n) is 9.60. The van der Waals surface area contributed by atoms with Crippen LogP contribution >= 0.6 is 0 Å². The van der Waals surface area contributed by atoms with Gasteiger partial charge in [0.05, 0.1) is 18.4 Å². The SMILES string of the molecule is COc1ccccc1N1CCN(C(=O)COC(=O)c2ccc(N(C)C)cc2)CC1. The van der Waals surface area contributed by atoms with Gasteiger partial charge in [0.1, 0.15) is 5.75 Å². The zero-order valence-electron chi connectivity index (χ0n) is 17.1. The Morgan fingerprint density at radius 2 is 1.62 bits per heavy atom. The van der Waals surface area contributed by atoms with Gasteiger partial charge in [0.25, 0.3) is 5.91 Å². The largest absolute Gasteiger partial charge is 0.495 e. The summed E-state index contributed by atoms with van der Waals surface area (Å²) in [4.78, 5) is 30.5. The number of ether oxygens (including phenoxy) is 2. The Bertz CT molecular complexity index is 843. The molecular weight excluding hydrogens is 370 g/mol. The van der Waals surface area contributed by atoms with E-state index in [9.17, 15) is 9.59 Å². The van der Waals surface area contributed by atoms with Crippen molar-refractivity contribution < 1.29 is 19.1 Å². The van der Waals surface area contributed by atoms with Crippen LogP contribution in [-0.2, 0) is 9.53 Å². The molecule has 2 aromatic rings. The molecule has 7 nitrogen and oxygen atoms in total. The van der Waals surface area contributed by atoms with Crippen molar-refractivity contribution in [2.24, 2.45) is 0 Å². The molecule has 7 heteroatoms. The molecule has 0 aliphatic carbocycles. The van der Waals surface area contributed by atoms with Crippen molar-refractivity contribution >= 4 is 23.3 Å². The van der Waals surface area contributed by atoms with E-state index >= 15 is 0 Å². The maximum absolute atomic E-state index is 12.4. The molecule has 3 rings (SSSR count). The lowest BCUT2D eigenvalue weighted by molar-refractivity contribution is -0.134. The molecule has 0 bridgehead atoms. The lowest BCUT2D eigenvalue weighted by Crippen LogP contribution is -2.50. The number of amides is 1. The number of benzene rings is 2. The Morgan fingerprint density at radius 1 is 0.966 bits per heavy atom. The third kappa shape index (κ3) is 4.99. The number of piperazine rings is 1. The lowest BCUT2D eigenvalue weighted by atomic mass is 10.2. The van der Waals surface area contributed by atoms with Crippen LogP contribution in [0.25, 0.3) is 0 Å². The van der Waals surface area contributed by atoms with Crippen molar-refractivity contribution in [3.63, 3.8) is 0 Å². The fraction of sp³-hybridized carbons (Fsp3) is 0.364. The molecule has 1 saturated heterocycles. The second-order valence-corrected chi connectivity index (χ2v) is 7.06. The summed E-state index contributed by atoms with van der Waals surface area (Å²) in [6.45, 7) is 2.30. The summed E-state index contributed by atoms with van der Waals surface area (Å²) in [5, 5.41) is 0. The molecule has 1 heterocycles. The summed E-state index contributed by atoms with van der Waals surface area (Å²) in [5.74, 6) is 0.153. The Labute approximate surface area is 171 Å². The molecule has 1 fully saturated rings. The molecule has 1 amide bonds. The minimum absolute atomic E-state index is 0.178. The molecule has 0 radical (unpaired) electrons. The van der Waals surface area contributed by atoms with Crippen molar-refractivity contribution in [3.8, 4) is 5.75 Å². The minimum Gasteiger partial charge on any atom is -0.495 e. The highest BCUT2D eigenvalue weighted by Gasteiger charge is 2.23. The van der Waals surface area contributed by atoms with Crippen molar-refractivity contribution in [3.05, 3.63) is 54.1 Å². The molecule has 29 heavy (non-hydrogen) atoms. The predicted octanol–water partition coefficient (Wildman–Crippen LogP) is 2.27. The van der Waals surface area contributed by atoms with E-state index in [1.54, 1.807) is 24.1 Å². The maximum atomic E-state index is 12.4. The summed E-state index contributed by atoms with van der Waals surface area (Å²) in [7, 11) is 5.51. The summed E-state index contributed by atoms with van der Waals surface area (Å²) >= 11 is 0. The van der Waals surface area contributed by atoms with Gasteiger partial charge >= 0.3 is 5.97 Å². The topological polar surface area (TPSA) is 62.3 Å². The van der Waals surface area contributed by atoms with Gasteiger partial charge in [0.2, 0.25) is 0 Å². The number of hydrogen-bond donors (Lipinski definition) is 0. The normalized spacial score (nSPS) is 13.8. The number of carbonyl (C=O) groups excluding carboxylic acids is 2. The molecule has 0 atom stereocenters. The molecule has 1 aliphatic rings. The number of hydrogen-bond acceptors (Lipinski definition) is 6. The van der Waals surface area contributed by atoms with Gasteiger partial charge in [-0.15, -0.1) is 0 Å². The Kier molecular flexibility index (Phi) is 6.59.